The second-order valence-electron chi connectivity index (χ2n) is 5.67. The fourth-order valence-electron chi connectivity index (χ4n) is 1.55. The topological polar surface area (TPSA) is 44.1 Å². The lowest BCUT2D eigenvalue weighted by atomic mass is 9.90. The Kier molecular flexibility index (Phi) is 4.49. The quantitative estimate of drug-likeness (QED) is 0.818. The van der Waals surface area contributed by atoms with Gasteiger partial charge in [-0.15, -0.1) is 0 Å². The minimum atomic E-state index is 0.106. The molecule has 0 spiro atoms. The second-order valence-corrected chi connectivity index (χ2v) is 5.67. The monoisotopic (exact) mass is 244 g/mol. The molecule has 96 valence electrons. The summed E-state index contributed by atoms with van der Waals surface area (Å²) in [5.41, 5.74) is 1.60. The number of carbonyl (C=O) groups is 1. The van der Waals surface area contributed by atoms with Crippen LogP contribution in [0.4, 0.5) is 5.69 Å². The van der Waals surface area contributed by atoms with Crippen LogP contribution >= 0.6 is 0 Å². The standard InChI is InChI=1S/C15H20N2O/c1-15(2,3)10-9-14(18)17(4)13-7-5-12(11-16)6-8-13/h5-8H,9-10H2,1-4H3. The number of nitrogens with zero attached hydrogens (tertiary/aromatic N) is 2. The summed E-state index contributed by atoms with van der Waals surface area (Å²) >= 11 is 0. The van der Waals surface area contributed by atoms with Gasteiger partial charge in [-0.3, -0.25) is 4.79 Å². The Balaban J connectivity index is 2.66. The van der Waals surface area contributed by atoms with Crippen LogP contribution in [-0.2, 0) is 4.79 Å². The minimum Gasteiger partial charge on any atom is -0.316 e. The van der Waals surface area contributed by atoms with Gasteiger partial charge in [-0.05, 0) is 36.1 Å². The molecule has 0 atom stereocenters. The van der Waals surface area contributed by atoms with Crippen LogP contribution in [0.3, 0.4) is 0 Å². The molecular weight excluding hydrogens is 224 g/mol. The van der Waals surface area contributed by atoms with Crippen molar-refractivity contribution in [1.82, 2.24) is 0 Å². The molecule has 1 aromatic carbocycles. The Labute approximate surface area is 109 Å². The average Bonchev–Trinajstić information content (AvgIpc) is 2.34. The van der Waals surface area contributed by atoms with Gasteiger partial charge < -0.3 is 4.90 Å². The number of hydrogen-bond acceptors (Lipinski definition) is 2. The van der Waals surface area contributed by atoms with Gasteiger partial charge in [0, 0.05) is 19.2 Å². The first-order chi connectivity index (χ1) is 8.33. The number of carbonyl (C=O) groups excluding carboxylic acids is 1. The maximum Gasteiger partial charge on any atom is 0.226 e. The van der Waals surface area contributed by atoms with Crippen molar-refractivity contribution in [2.75, 3.05) is 11.9 Å². The van der Waals surface area contributed by atoms with Crippen molar-refractivity contribution in [2.24, 2.45) is 5.41 Å². The van der Waals surface area contributed by atoms with Crippen molar-refractivity contribution in [3.05, 3.63) is 29.8 Å². The molecule has 0 heterocycles. The summed E-state index contributed by atoms with van der Waals surface area (Å²) in [6.45, 7) is 6.38. The first-order valence-corrected chi connectivity index (χ1v) is 6.10. The number of nitriles is 1. The van der Waals surface area contributed by atoms with Crippen molar-refractivity contribution < 1.29 is 4.79 Å². The average molecular weight is 244 g/mol. The van der Waals surface area contributed by atoms with E-state index in [0.29, 0.717) is 12.0 Å². The normalized spacial score (nSPS) is 10.8. The minimum absolute atomic E-state index is 0.106. The van der Waals surface area contributed by atoms with Gasteiger partial charge in [0.1, 0.15) is 0 Å². The molecule has 1 aromatic rings. The van der Waals surface area contributed by atoms with E-state index in [1.165, 1.54) is 0 Å². The zero-order valence-corrected chi connectivity index (χ0v) is 11.5. The zero-order valence-electron chi connectivity index (χ0n) is 11.5. The smallest absolute Gasteiger partial charge is 0.226 e. The SMILES string of the molecule is CN(C(=O)CCC(C)(C)C)c1ccc(C#N)cc1. The van der Waals surface area contributed by atoms with E-state index in [2.05, 4.69) is 26.8 Å². The number of benzene rings is 1. The fourth-order valence-corrected chi connectivity index (χ4v) is 1.55. The van der Waals surface area contributed by atoms with E-state index in [1.54, 1.807) is 36.2 Å². The third-order valence-corrected chi connectivity index (χ3v) is 2.85. The molecule has 0 N–H and O–H groups in total. The maximum absolute atomic E-state index is 12.0. The summed E-state index contributed by atoms with van der Waals surface area (Å²) < 4.78 is 0. The molecule has 0 bridgehead atoms. The molecule has 0 aromatic heterocycles. The highest BCUT2D eigenvalue weighted by atomic mass is 16.2. The van der Waals surface area contributed by atoms with Gasteiger partial charge >= 0.3 is 0 Å². The Morgan fingerprint density at radius 1 is 1.28 bits per heavy atom. The van der Waals surface area contributed by atoms with Crippen molar-refractivity contribution in [2.45, 2.75) is 33.6 Å². The molecule has 0 aliphatic heterocycles. The molecule has 0 saturated carbocycles. The maximum atomic E-state index is 12.0. The van der Waals surface area contributed by atoms with Gasteiger partial charge in [0.15, 0.2) is 0 Å². The number of amides is 1. The van der Waals surface area contributed by atoms with E-state index in [9.17, 15) is 4.79 Å². The molecule has 3 nitrogen and oxygen atoms in total. The van der Waals surface area contributed by atoms with Crippen LogP contribution < -0.4 is 4.90 Å². The van der Waals surface area contributed by atoms with Crippen molar-refractivity contribution in [3.8, 4) is 6.07 Å². The number of rotatable bonds is 3. The highest BCUT2D eigenvalue weighted by Gasteiger charge is 2.16. The number of hydrogen-bond donors (Lipinski definition) is 0. The van der Waals surface area contributed by atoms with E-state index >= 15 is 0 Å². The molecule has 18 heavy (non-hydrogen) atoms. The highest BCUT2D eigenvalue weighted by Crippen LogP contribution is 2.22. The van der Waals surface area contributed by atoms with Crippen LogP contribution in [0.15, 0.2) is 24.3 Å². The van der Waals surface area contributed by atoms with Crippen LogP contribution in [0.1, 0.15) is 39.2 Å². The molecule has 0 aliphatic rings. The predicted molar refractivity (Wildman–Crippen MR) is 73.3 cm³/mol. The molecule has 0 saturated heterocycles. The van der Waals surface area contributed by atoms with Crippen LogP contribution in [0.2, 0.25) is 0 Å². The summed E-state index contributed by atoms with van der Waals surface area (Å²) in [7, 11) is 1.77. The summed E-state index contributed by atoms with van der Waals surface area (Å²) in [5.74, 6) is 0.106. The summed E-state index contributed by atoms with van der Waals surface area (Å²) in [6.07, 6.45) is 1.41. The van der Waals surface area contributed by atoms with Crippen molar-refractivity contribution >= 4 is 11.6 Å². The summed E-state index contributed by atoms with van der Waals surface area (Å²) in [5, 5.41) is 8.72. The van der Waals surface area contributed by atoms with Crippen LogP contribution in [0.25, 0.3) is 0 Å². The van der Waals surface area contributed by atoms with Gasteiger partial charge in [0.25, 0.3) is 0 Å². The summed E-state index contributed by atoms with van der Waals surface area (Å²) in [6, 6.07) is 9.11. The van der Waals surface area contributed by atoms with Gasteiger partial charge in [0.2, 0.25) is 5.91 Å². The van der Waals surface area contributed by atoms with E-state index in [1.807, 2.05) is 0 Å². The van der Waals surface area contributed by atoms with Gasteiger partial charge in [-0.25, -0.2) is 0 Å². The van der Waals surface area contributed by atoms with Gasteiger partial charge in [-0.2, -0.15) is 5.26 Å². The molecule has 0 fully saturated rings. The van der Waals surface area contributed by atoms with Crippen LogP contribution in [-0.4, -0.2) is 13.0 Å². The largest absolute Gasteiger partial charge is 0.316 e. The fraction of sp³-hybridized carbons (Fsp3) is 0.467. The molecule has 1 amide bonds. The molecule has 3 heteroatoms. The lowest BCUT2D eigenvalue weighted by Gasteiger charge is -2.21. The number of anilines is 1. The van der Waals surface area contributed by atoms with Gasteiger partial charge in [0.05, 0.1) is 11.6 Å². The lowest BCUT2D eigenvalue weighted by molar-refractivity contribution is -0.118. The Morgan fingerprint density at radius 3 is 2.28 bits per heavy atom. The molecule has 0 unspecified atom stereocenters. The first kappa shape index (κ1) is 14.2. The Bertz CT molecular complexity index is 449. The van der Waals surface area contributed by atoms with Crippen molar-refractivity contribution in [3.63, 3.8) is 0 Å². The molecule has 1 rings (SSSR count). The Morgan fingerprint density at radius 2 is 1.83 bits per heavy atom. The second kappa shape index (κ2) is 5.68. The van der Waals surface area contributed by atoms with Crippen LogP contribution in [0.5, 0.6) is 0 Å². The predicted octanol–water partition coefficient (Wildman–Crippen LogP) is 3.35. The molecular formula is C15H20N2O. The third kappa shape index (κ3) is 4.21. The van der Waals surface area contributed by atoms with Crippen LogP contribution in [0, 0.1) is 16.7 Å². The third-order valence-electron chi connectivity index (χ3n) is 2.85. The van der Waals surface area contributed by atoms with Crippen molar-refractivity contribution in [1.29, 1.82) is 5.26 Å². The lowest BCUT2D eigenvalue weighted by Crippen LogP contribution is -2.27. The molecule has 0 aliphatic carbocycles. The zero-order chi connectivity index (χ0) is 13.8. The first-order valence-electron chi connectivity index (χ1n) is 6.10. The van der Waals surface area contributed by atoms with E-state index in [0.717, 1.165) is 12.1 Å². The van der Waals surface area contributed by atoms with E-state index in [-0.39, 0.29) is 11.3 Å². The summed E-state index contributed by atoms with van der Waals surface area (Å²) in [4.78, 5) is 13.7. The van der Waals surface area contributed by atoms with E-state index in [4.69, 9.17) is 5.26 Å². The molecule has 0 radical (unpaired) electrons. The van der Waals surface area contributed by atoms with E-state index < -0.39 is 0 Å². The highest BCUT2D eigenvalue weighted by molar-refractivity contribution is 5.92. The Hall–Kier alpha value is -1.82. The van der Waals surface area contributed by atoms with Gasteiger partial charge in [-0.1, -0.05) is 20.8 Å².